The molecule has 2 aliphatic rings. The molecule has 0 unspecified atom stereocenters. The van der Waals surface area contributed by atoms with Crippen LogP contribution in [0.5, 0.6) is 0 Å². The summed E-state index contributed by atoms with van der Waals surface area (Å²) >= 11 is 0. The van der Waals surface area contributed by atoms with Gasteiger partial charge in [-0.3, -0.25) is 9.69 Å². The van der Waals surface area contributed by atoms with Crippen LogP contribution in [-0.2, 0) is 6.42 Å². The summed E-state index contributed by atoms with van der Waals surface area (Å²) < 4.78 is 0. The van der Waals surface area contributed by atoms with Gasteiger partial charge in [0.1, 0.15) is 0 Å². The van der Waals surface area contributed by atoms with E-state index in [0.717, 1.165) is 62.2 Å². The van der Waals surface area contributed by atoms with E-state index >= 15 is 0 Å². The quantitative estimate of drug-likeness (QED) is 0.548. The predicted molar refractivity (Wildman–Crippen MR) is 129 cm³/mol. The van der Waals surface area contributed by atoms with E-state index in [9.17, 15) is 4.79 Å². The smallest absolute Gasteiger partial charge is 0.259 e. The first kappa shape index (κ1) is 19.8. The van der Waals surface area contributed by atoms with Gasteiger partial charge in [-0.05, 0) is 36.6 Å². The van der Waals surface area contributed by atoms with E-state index in [2.05, 4.69) is 58.8 Å². The summed E-state index contributed by atoms with van der Waals surface area (Å²) in [6.07, 6.45) is 3.98. The van der Waals surface area contributed by atoms with Crippen molar-refractivity contribution in [1.82, 2.24) is 4.90 Å². The Labute approximate surface area is 184 Å². The van der Waals surface area contributed by atoms with Crippen LogP contribution in [-0.4, -0.2) is 50.1 Å². The highest BCUT2D eigenvalue weighted by Gasteiger charge is 2.31. The first-order chi connectivity index (χ1) is 15.3. The van der Waals surface area contributed by atoms with Gasteiger partial charge in [0.2, 0.25) is 0 Å². The molecule has 0 saturated carbocycles. The normalized spacial score (nSPS) is 16.7. The Morgan fingerprint density at radius 1 is 0.871 bits per heavy atom. The molecule has 5 rings (SSSR count). The summed E-state index contributed by atoms with van der Waals surface area (Å²) in [4.78, 5) is 20.2. The van der Waals surface area contributed by atoms with E-state index in [0.29, 0.717) is 6.54 Å². The maximum atomic E-state index is 13.3. The van der Waals surface area contributed by atoms with Gasteiger partial charge in [-0.2, -0.15) is 0 Å². The highest BCUT2D eigenvalue weighted by molar-refractivity contribution is 6.26. The molecule has 0 bridgehead atoms. The van der Waals surface area contributed by atoms with Crippen molar-refractivity contribution in [2.75, 3.05) is 49.1 Å². The molecule has 2 heterocycles. The van der Waals surface area contributed by atoms with Crippen molar-refractivity contribution in [3.63, 3.8) is 0 Å². The number of benzene rings is 3. The molecule has 0 N–H and O–H groups in total. The average molecular weight is 412 g/mol. The van der Waals surface area contributed by atoms with Gasteiger partial charge in [0.25, 0.3) is 5.91 Å². The summed E-state index contributed by atoms with van der Waals surface area (Å²) in [5.74, 6) is 0.127. The fourth-order valence-corrected chi connectivity index (χ4v) is 4.99. The van der Waals surface area contributed by atoms with E-state index in [1.54, 1.807) is 0 Å². The molecular weight excluding hydrogens is 382 g/mol. The van der Waals surface area contributed by atoms with Crippen molar-refractivity contribution in [3.05, 3.63) is 84.4 Å². The van der Waals surface area contributed by atoms with Gasteiger partial charge in [0.15, 0.2) is 0 Å². The highest BCUT2D eigenvalue weighted by atomic mass is 16.2. The van der Waals surface area contributed by atoms with Gasteiger partial charge < -0.3 is 9.80 Å². The number of nitrogens with zero attached hydrogens (tertiary/aromatic N) is 3. The molecule has 2 aliphatic heterocycles. The Kier molecular flexibility index (Phi) is 5.47. The minimum Gasteiger partial charge on any atom is -0.370 e. The second-order valence-corrected chi connectivity index (χ2v) is 8.45. The lowest BCUT2D eigenvalue weighted by Crippen LogP contribution is -2.31. The number of carbonyl (C=O) groups excluding carboxylic acids is 1. The largest absolute Gasteiger partial charge is 0.370 e. The van der Waals surface area contributed by atoms with Crippen LogP contribution in [0.2, 0.25) is 0 Å². The second kappa shape index (κ2) is 8.56. The van der Waals surface area contributed by atoms with Crippen LogP contribution in [0.1, 0.15) is 22.3 Å². The van der Waals surface area contributed by atoms with Crippen LogP contribution in [0.15, 0.2) is 73.3 Å². The molecule has 1 saturated heterocycles. The summed E-state index contributed by atoms with van der Waals surface area (Å²) in [7, 11) is 0. The Morgan fingerprint density at radius 2 is 1.71 bits per heavy atom. The van der Waals surface area contributed by atoms with Crippen LogP contribution >= 0.6 is 0 Å². The SMILES string of the molecule is C=CCN1CCCN(c2ccc3c4c(cccc24)C(=O)N3CCc2ccccc2)CC1. The number of anilines is 2. The van der Waals surface area contributed by atoms with Crippen molar-refractivity contribution in [1.29, 1.82) is 0 Å². The fourth-order valence-electron chi connectivity index (χ4n) is 4.99. The molecule has 0 radical (unpaired) electrons. The monoisotopic (exact) mass is 411 g/mol. The minimum atomic E-state index is 0.127. The third-order valence-electron chi connectivity index (χ3n) is 6.55. The molecule has 0 aromatic heterocycles. The molecule has 4 nitrogen and oxygen atoms in total. The molecule has 31 heavy (non-hydrogen) atoms. The lowest BCUT2D eigenvalue weighted by atomic mass is 10.0. The van der Waals surface area contributed by atoms with Crippen LogP contribution < -0.4 is 9.80 Å². The highest BCUT2D eigenvalue weighted by Crippen LogP contribution is 2.41. The average Bonchev–Trinajstić information content (AvgIpc) is 2.94. The topological polar surface area (TPSA) is 26.8 Å². The van der Waals surface area contributed by atoms with E-state index in [1.807, 2.05) is 29.2 Å². The standard InChI is InChI=1S/C27H29N3O/c1-2-15-28-16-7-17-29(20-19-28)24-12-13-25-26-22(24)10-6-11-23(26)27(31)30(25)18-14-21-8-4-3-5-9-21/h2-6,8-13H,1,7,14-20H2. The van der Waals surface area contributed by atoms with Gasteiger partial charge in [0.05, 0.1) is 5.69 Å². The molecular formula is C27H29N3O. The summed E-state index contributed by atoms with van der Waals surface area (Å²) in [5.41, 5.74) is 4.40. The van der Waals surface area contributed by atoms with E-state index in [1.165, 1.54) is 16.6 Å². The third-order valence-corrected chi connectivity index (χ3v) is 6.55. The molecule has 3 aromatic rings. The summed E-state index contributed by atoms with van der Waals surface area (Å²) in [6.45, 7) is 9.72. The Hall–Kier alpha value is -3.11. The van der Waals surface area contributed by atoms with Crippen molar-refractivity contribution >= 4 is 28.1 Å². The lowest BCUT2D eigenvalue weighted by molar-refractivity contribution is 0.0993. The lowest BCUT2D eigenvalue weighted by Gasteiger charge is -2.25. The maximum absolute atomic E-state index is 13.3. The van der Waals surface area contributed by atoms with Crippen LogP contribution in [0.4, 0.5) is 11.4 Å². The molecule has 3 aromatic carbocycles. The number of rotatable bonds is 6. The predicted octanol–water partition coefficient (Wildman–Crippen LogP) is 4.74. The van der Waals surface area contributed by atoms with E-state index in [4.69, 9.17) is 0 Å². The molecule has 0 atom stereocenters. The van der Waals surface area contributed by atoms with Gasteiger partial charge >= 0.3 is 0 Å². The van der Waals surface area contributed by atoms with Gasteiger partial charge in [0, 0.05) is 61.3 Å². The van der Waals surface area contributed by atoms with Crippen molar-refractivity contribution in [2.45, 2.75) is 12.8 Å². The maximum Gasteiger partial charge on any atom is 0.259 e. The van der Waals surface area contributed by atoms with Gasteiger partial charge in [-0.15, -0.1) is 6.58 Å². The van der Waals surface area contributed by atoms with Crippen LogP contribution in [0, 0.1) is 0 Å². The fraction of sp³-hybridized carbons (Fsp3) is 0.296. The number of hydrogen-bond acceptors (Lipinski definition) is 3. The number of carbonyl (C=O) groups is 1. The summed E-state index contributed by atoms with van der Waals surface area (Å²) in [5, 5.41) is 2.31. The van der Waals surface area contributed by atoms with Crippen molar-refractivity contribution < 1.29 is 4.79 Å². The zero-order chi connectivity index (χ0) is 21.2. The van der Waals surface area contributed by atoms with E-state index in [-0.39, 0.29) is 5.91 Å². The van der Waals surface area contributed by atoms with Crippen molar-refractivity contribution in [2.24, 2.45) is 0 Å². The molecule has 158 valence electrons. The van der Waals surface area contributed by atoms with Crippen molar-refractivity contribution in [3.8, 4) is 0 Å². The summed E-state index contributed by atoms with van der Waals surface area (Å²) in [6, 6.07) is 21.0. The van der Waals surface area contributed by atoms with Crippen LogP contribution in [0.3, 0.4) is 0 Å². The van der Waals surface area contributed by atoms with Gasteiger partial charge in [-0.1, -0.05) is 48.5 Å². The molecule has 4 heteroatoms. The Balaban J connectivity index is 1.45. The third kappa shape index (κ3) is 3.72. The Morgan fingerprint density at radius 3 is 2.55 bits per heavy atom. The zero-order valence-electron chi connectivity index (χ0n) is 18.0. The molecule has 0 aliphatic carbocycles. The first-order valence-electron chi connectivity index (χ1n) is 11.3. The molecule has 1 amide bonds. The minimum absolute atomic E-state index is 0.127. The van der Waals surface area contributed by atoms with Crippen LogP contribution in [0.25, 0.3) is 10.8 Å². The van der Waals surface area contributed by atoms with E-state index < -0.39 is 0 Å². The zero-order valence-corrected chi connectivity index (χ0v) is 18.0. The first-order valence-corrected chi connectivity index (χ1v) is 11.3. The second-order valence-electron chi connectivity index (χ2n) is 8.45. The molecule has 1 fully saturated rings. The number of amides is 1. The Bertz CT molecular complexity index is 1110. The molecule has 0 spiro atoms. The van der Waals surface area contributed by atoms with Gasteiger partial charge in [-0.25, -0.2) is 0 Å². The number of hydrogen-bond donors (Lipinski definition) is 0.